The second kappa shape index (κ2) is 6.55. The Kier molecular flexibility index (Phi) is 4.62. The number of likely N-dealkylation sites (tertiary alicyclic amines) is 1. The smallest absolute Gasteiger partial charge is 0.321 e. The molecule has 2 unspecified atom stereocenters. The monoisotopic (exact) mass is 333 g/mol. The molecule has 2 fully saturated rings. The molecule has 1 aromatic heterocycles. The van der Waals surface area contributed by atoms with Gasteiger partial charge in [-0.25, -0.2) is 4.79 Å². The number of anilines is 2. The van der Waals surface area contributed by atoms with Gasteiger partial charge in [-0.3, -0.25) is 0 Å². The summed E-state index contributed by atoms with van der Waals surface area (Å²) in [5.74, 6) is 0.830. The number of aliphatic hydroxyl groups is 1. The summed E-state index contributed by atoms with van der Waals surface area (Å²) in [4.78, 5) is 16.3. The number of rotatable bonds is 2. The highest BCUT2D eigenvalue weighted by atomic mass is 16.3. The first-order chi connectivity index (χ1) is 11.4. The van der Waals surface area contributed by atoms with Gasteiger partial charge in [-0.05, 0) is 32.3 Å². The Balaban J connectivity index is 1.71. The quantitative estimate of drug-likeness (QED) is 0.865. The zero-order chi connectivity index (χ0) is 17.3. The van der Waals surface area contributed by atoms with Crippen molar-refractivity contribution in [2.24, 2.45) is 5.92 Å². The third kappa shape index (κ3) is 3.31. The van der Waals surface area contributed by atoms with E-state index in [4.69, 9.17) is 0 Å². The standard InChI is InChI=1S/C17H27N5O2/c1-12-10-14(15(20-19-12)21(2)3)18-16(23)22-9-8-17(24)7-5-4-6-13(17)11-22/h10,13,24H,4-9,11H2,1-3H3,(H,18,19,23). The molecular formula is C17H27N5O2. The number of hydrogen-bond acceptors (Lipinski definition) is 5. The van der Waals surface area contributed by atoms with Crippen molar-refractivity contribution >= 4 is 17.5 Å². The Morgan fingerprint density at radius 1 is 1.38 bits per heavy atom. The predicted molar refractivity (Wildman–Crippen MR) is 93.2 cm³/mol. The second-order valence-corrected chi connectivity index (χ2v) is 7.29. The summed E-state index contributed by atoms with van der Waals surface area (Å²) in [6, 6.07) is 1.71. The largest absolute Gasteiger partial charge is 0.389 e. The summed E-state index contributed by atoms with van der Waals surface area (Å²) in [6.45, 7) is 3.07. The van der Waals surface area contributed by atoms with Crippen molar-refractivity contribution in [1.29, 1.82) is 0 Å². The number of nitrogens with one attached hydrogen (secondary N) is 1. The van der Waals surface area contributed by atoms with Crippen molar-refractivity contribution in [2.75, 3.05) is 37.4 Å². The lowest BCUT2D eigenvalue weighted by Crippen LogP contribution is -2.55. The van der Waals surface area contributed by atoms with Crippen molar-refractivity contribution in [3.63, 3.8) is 0 Å². The second-order valence-electron chi connectivity index (χ2n) is 7.29. The van der Waals surface area contributed by atoms with Crippen LogP contribution >= 0.6 is 0 Å². The summed E-state index contributed by atoms with van der Waals surface area (Å²) in [5.41, 5.74) is 0.858. The molecule has 1 aliphatic carbocycles. The maximum Gasteiger partial charge on any atom is 0.321 e. The van der Waals surface area contributed by atoms with Gasteiger partial charge in [-0.2, -0.15) is 5.10 Å². The Morgan fingerprint density at radius 3 is 2.92 bits per heavy atom. The molecule has 132 valence electrons. The lowest BCUT2D eigenvalue weighted by atomic mass is 9.71. The van der Waals surface area contributed by atoms with Gasteiger partial charge in [0, 0.05) is 33.1 Å². The van der Waals surface area contributed by atoms with E-state index in [0.717, 1.165) is 31.4 Å². The van der Waals surface area contributed by atoms with Crippen LogP contribution in [0.2, 0.25) is 0 Å². The van der Waals surface area contributed by atoms with Gasteiger partial charge in [-0.15, -0.1) is 5.10 Å². The molecule has 0 radical (unpaired) electrons. The number of aryl methyl sites for hydroxylation is 1. The van der Waals surface area contributed by atoms with E-state index in [1.165, 1.54) is 0 Å². The summed E-state index contributed by atoms with van der Waals surface area (Å²) < 4.78 is 0. The third-order valence-electron chi connectivity index (χ3n) is 5.28. The number of piperidine rings is 1. The van der Waals surface area contributed by atoms with Crippen molar-refractivity contribution in [3.8, 4) is 0 Å². The Labute approximate surface area is 143 Å². The number of aromatic nitrogens is 2. The number of urea groups is 1. The maximum absolute atomic E-state index is 12.7. The molecule has 2 N–H and O–H groups in total. The molecule has 1 aromatic rings. The summed E-state index contributed by atoms with van der Waals surface area (Å²) in [7, 11) is 3.75. The maximum atomic E-state index is 12.7. The Hall–Kier alpha value is -1.89. The van der Waals surface area contributed by atoms with E-state index in [2.05, 4.69) is 15.5 Å². The molecule has 2 atom stereocenters. The first-order valence-electron chi connectivity index (χ1n) is 8.69. The summed E-state index contributed by atoms with van der Waals surface area (Å²) >= 11 is 0. The first kappa shape index (κ1) is 17.0. The van der Waals surface area contributed by atoms with Crippen LogP contribution in [0.15, 0.2) is 6.07 Å². The normalized spacial score (nSPS) is 26.7. The third-order valence-corrected chi connectivity index (χ3v) is 5.28. The molecule has 1 aliphatic heterocycles. The molecule has 7 nitrogen and oxygen atoms in total. The van der Waals surface area contributed by atoms with Gasteiger partial charge in [0.05, 0.1) is 17.0 Å². The summed E-state index contributed by atoms with van der Waals surface area (Å²) in [5, 5.41) is 21.9. The van der Waals surface area contributed by atoms with E-state index < -0.39 is 5.60 Å². The van der Waals surface area contributed by atoms with E-state index in [1.54, 1.807) is 0 Å². The van der Waals surface area contributed by atoms with Crippen LogP contribution in [-0.2, 0) is 0 Å². The molecule has 3 rings (SSSR count). The molecule has 1 saturated heterocycles. The fourth-order valence-corrected chi connectivity index (χ4v) is 3.85. The van der Waals surface area contributed by atoms with Gasteiger partial charge in [0.25, 0.3) is 0 Å². The van der Waals surface area contributed by atoms with Crippen LogP contribution in [0.3, 0.4) is 0 Å². The number of fused-ring (bicyclic) bond motifs is 1. The minimum atomic E-state index is -0.571. The molecule has 2 heterocycles. The van der Waals surface area contributed by atoms with Gasteiger partial charge in [0.15, 0.2) is 5.82 Å². The average molecular weight is 333 g/mol. The Morgan fingerprint density at radius 2 is 2.17 bits per heavy atom. The zero-order valence-corrected chi connectivity index (χ0v) is 14.7. The molecule has 7 heteroatoms. The van der Waals surface area contributed by atoms with Gasteiger partial charge < -0.3 is 20.2 Å². The number of carbonyl (C=O) groups is 1. The molecule has 0 bridgehead atoms. The number of nitrogens with zero attached hydrogens (tertiary/aromatic N) is 4. The van der Waals surface area contributed by atoms with Crippen LogP contribution in [0.4, 0.5) is 16.3 Å². The van der Waals surface area contributed by atoms with Gasteiger partial charge in [0.2, 0.25) is 0 Å². The van der Waals surface area contributed by atoms with Gasteiger partial charge in [0.1, 0.15) is 0 Å². The van der Waals surface area contributed by atoms with Crippen LogP contribution in [0, 0.1) is 12.8 Å². The molecular weight excluding hydrogens is 306 g/mol. The molecule has 2 amide bonds. The molecule has 2 aliphatic rings. The number of carbonyl (C=O) groups excluding carboxylic acids is 1. The lowest BCUT2D eigenvalue weighted by molar-refractivity contribution is -0.0863. The lowest BCUT2D eigenvalue weighted by Gasteiger charge is -2.47. The predicted octanol–water partition coefficient (Wildman–Crippen LogP) is 2.01. The SMILES string of the molecule is Cc1cc(NC(=O)N2CCC3(O)CCCCC3C2)c(N(C)C)nn1. The van der Waals surface area contributed by atoms with E-state index >= 15 is 0 Å². The zero-order valence-electron chi connectivity index (χ0n) is 14.7. The topological polar surface area (TPSA) is 81.6 Å². The van der Waals surface area contributed by atoms with Crippen LogP contribution < -0.4 is 10.2 Å². The number of hydrogen-bond donors (Lipinski definition) is 2. The van der Waals surface area contributed by atoms with Gasteiger partial charge in [-0.1, -0.05) is 12.8 Å². The molecule has 24 heavy (non-hydrogen) atoms. The highest BCUT2D eigenvalue weighted by Gasteiger charge is 2.43. The van der Waals surface area contributed by atoms with E-state index in [9.17, 15) is 9.90 Å². The Bertz CT molecular complexity index is 621. The van der Waals surface area contributed by atoms with E-state index in [0.29, 0.717) is 31.0 Å². The minimum Gasteiger partial charge on any atom is -0.389 e. The highest BCUT2D eigenvalue weighted by molar-refractivity contribution is 5.92. The first-order valence-corrected chi connectivity index (χ1v) is 8.69. The molecule has 0 aromatic carbocycles. The van der Waals surface area contributed by atoms with Crippen molar-refractivity contribution in [3.05, 3.63) is 11.8 Å². The molecule has 1 saturated carbocycles. The van der Waals surface area contributed by atoms with Crippen LogP contribution in [-0.4, -0.2) is 59.0 Å². The number of amides is 2. The van der Waals surface area contributed by atoms with Crippen molar-refractivity contribution < 1.29 is 9.90 Å². The minimum absolute atomic E-state index is 0.127. The average Bonchev–Trinajstić information content (AvgIpc) is 2.53. The van der Waals surface area contributed by atoms with Crippen LogP contribution in [0.5, 0.6) is 0 Å². The summed E-state index contributed by atoms with van der Waals surface area (Å²) in [6.07, 6.45) is 4.76. The fourth-order valence-electron chi connectivity index (χ4n) is 3.85. The van der Waals surface area contributed by atoms with Crippen LogP contribution in [0.25, 0.3) is 0 Å². The van der Waals surface area contributed by atoms with Crippen molar-refractivity contribution in [2.45, 2.75) is 44.6 Å². The fraction of sp³-hybridized carbons (Fsp3) is 0.706. The molecule has 0 spiro atoms. The van der Waals surface area contributed by atoms with E-state index in [-0.39, 0.29) is 11.9 Å². The van der Waals surface area contributed by atoms with Gasteiger partial charge >= 0.3 is 6.03 Å². The van der Waals surface area contributed by atoms with Crippen LogP contribution in [0.1, 0.15) is 37.8 Å². The van der Waals surface area contributed by atoms with Crippen molar-refractivity contribution in [1.82, 2.24) is 15.1 Å². The van der Waals surface area contributed by atoms with E-state index in [1.807, 2.05) is 36.9 Å². The highest BCUT2D eigenvalue weighted by Crippen LogP contribution is 2.39.